The molecule has 1 aromatic heterocycles. The fraction of sp³-hybridized carbons (Fsp3) is 0.421. The van der Waals surface area contributed by atoms with Crippen molar-refractivity contribution in [3.05, 3.63) is 23.0 Å². The Balaban J connectivity index is 1.93. The highest BCUT2D eigenvalue weighted by Crippen LogP contribution is 2.23. The molecule has 3 amide bonds. The van der Waals surface area contributed by atoms with Gasteiger partial charge in [-0.05, 0) is 25.1 Å². The SMILES string of the molecule is CCOC(=O)CCn1c(=NC(=O)CN2C(=O)CCC2=O)sc2cc(OC)ccc21. The van der Waals surface area contributed by atoms with Crippen molar-refractivity contribution in [2.45, 2.75) is 32.7 Å². The Morgan fingerprint density at radius 1 is 1.21 bits per heavy atom. The number of aromatic nitrogens is 1. The van der Waals surface area contributed by atoms with E-state index >= 15 is 0 Å². The van der Waals surface area contributed by atoms with Crippen molar-refractivity contribution in [2.75, 3.05) is 20.3 Å². The van der Waals surface area contributed by atoms with E-state index in [0.717, 1.165) is 15.1 Å². The number of amides is 3. The summed E-state index contributed by atoms with van der Waals surface area (Å²) < 4.78 is 12.8. The molecule has 29 heavy (non-hydrogen) atoms. The van der Waals surface area contributed by atoms with Crippen LogP contribution in [0.3, 0.4) is 0 Å². The normalized spacial score (nSPS) is 14.7. The van der Waals surface area contributed by atoms with Crippen molar-refractivity contribution < 1.29 is 28.7 Å². The van der Waals surface area contributed by atoms with E-state index in [2.05, 4.69) is 4.99 Å². The molecule has 1 fully saturated rings. The number of fused-ring (bicyclic) bond motifs is 1. The third kappa shape index (κ3) is 4.70. The number of rotatable bonds is 7. The van der Waals surface area contributed by atoms with Crippen molar-refractivity contribution in [3.8, 4) is 5.75 Å². The van der Waals surface area contributed by atoms with E-state index in [4.69, 9.17) is 9.47 Å². The molecule has 1 aliphatic rings. The smallest absolute Gasteiger partial charge is 0.307 e. The molecule has 3 rings (SSSR count). The zero-order valence-corrected chi connectivity index (χ0v) is 17.0. The molecule has 9 nitrogen and oxygen atoms in total. The zero-order chi connectivity index (χ0) is 21.0. The second-order valence-corrected chi connectivity index (χ2v) is 7.31. The van der Waals surface area contributed by atoms with Gasteiger partial charge in [-0.25, -0.2) is 0 Å². The van der Waals surface area contributed by atoms with Gasteiger partial charge in [0.05, 0.1) is 30.4 Å². The lowest BCUT2D eigenvalue weighted by Gasteiger charge is -2.10. The number of thiazole rings is 1. The summed E-state index contributed by atoms with van der Waals surface area (Å²) in [5.41, 5.74) is 0.792. The minimum atomic E-state index is -0.600. The molecule has 0 unspecified atom stereocenters. The molecule has 0 radical (unpaired) electrons. The van der Waals surface area contributed by atoms with Crippen LogP contribution in [-0.2, 0) is 30.5 Å². The van der Waals surface area contributed by atoms with Gasteiger partial charge < -0.3 is 14.0 Å². The molecule has 0 atom stereocenters. The van der Waals surface area contributed by atoms with Crippen LogP contribution in [0.1, 0.15) is 26.2 Å². The van der Waals surface area contributed by atoms with Crippen LogP contribution >= 0.6 is 11.3 Å². The number of carbonyl (C=O) groups is 4. The van der Waals surface area contributed by atoms with E-state index in [0.29, 0.717) is 17.2 Å². The van der Waals surface area contributed by atoms with E-state index in [1.165, 1.54) is 11.3 Å². The minimum absolute atomic E-state index is 0.119. The van der Waals surface area contributed by atoms with Gasteiger partial charge in [-0.2, -0.15) is 4.99 Å². The van der Waals surface area contributed by atoms with E-state index in [-0.39, 0.29) is 50.1 Å². The molecule has 0 saturated carbocycles. The molecule has 2 aromatic rings. The van der Waals surface area contributed by atoms with Crippen LogP contribution in [-0.4, -0.2) is 53.4 Å². The number of benzene rings is 1. The monoisotopic (exact) mass is 419 g/mol. The van der Waals surface area contributed by atoms with Crippen molar-refractivity contribution in [3.63, 3.8) is 0 Å². The van der Waals surface area contributed by atoms with Crippen LogP contribution < -0.4 is 9.54 Å². The molecular weight excluding hydrogens is 398 g/mol. The lowest BCUT2D eigenvalue weighted by atomic mass is 10.3. The molecule has 1 saturated heterocycles. The summed E-state index contributed by atoms with van der Waals surface area (Å²) >= 11 is 1.26. The number of carbonyl (C=O) groups excluding carboxylic acids is 4. The van der Waals surface area contributed by atoms with Gasteiger partial charge in [0.2, 0.25) is 11.8 Å². The highest BCUT2D eigenvalue weighted by molar-refractivity contribution is 7.16. The summed E-state index contributed by atoms with van der Waals surface area (Å²) in [5.74, 6) is -1.03. The fourth-order valence-electron chi connectivity index (χ4n) is 2.99. The topological polar surface area (TPSA) is 107 Å². The molecule has 10 heteroatoms. The van der Waals surface area contributed by atoms with Gasteiger partial charge >= 0.3 is 5.97 Å². The molecule has 0 N–H and O–H groups in total. The largest absolute Gasteiger partial charge is 0.497 e. The highest BCUT2D eigenvalue weighted by Gasteiger charge is 2.30. The van der Waals surface area contributed by atoms with Gasteiger partial charge in [0, 0.05) is 19.4 Å². The molecule has 154 valence electrons. The lowest BCUT2D eigenvalue weighted by Crippen LogP contribution is -2.34. The number of hydrogen-bond acceptors (Lipinski definition) is 7. The van der Waals surface area contributed by atoms with Crippen LogP contribution in [0.4, 0.5) is 0 Å². The molecule has 0 spiro atoms. The zero-order valence-electron chi connectivity index (χ0n) is 16.2. The number of esters is 1. The summed E-state index contributed by atoms with van der Waals surface area (Å²) in [4.78, 5) is 53.1. The fourth-order valence-corrected chi connectivity index (χ4v) is 4.10. The minimum Gasteiger partial charge on any atom is -0.497 e. The Kier molecular flexibility index (Phi) is 6.42. The predicted octanol–water partition coefficient (Wildman–Crippen LogP) is 1.24. The number of imide groups is 1. The van der Waals surface area contributed by atoms with Crippen molar-refractivity contribution >= 4 is 45.2 Å². The second-order valence-electron chi connectivity index (χ2n) is 6.30. The van der Waals surface area contributed by atoms with Gasteiger partial charge in [0.1, 0.15) is 12.3 Å². The molecule has 2 heterocycles. The first-order valence-corrected chi connectivity index (χ1v) is 9.98. The van der Waals surface area contributed by atoms with Gasteiger partial charge in [0.25, 0.3) is 5.91 Å². The summed E-state index contributed by atoms with van der Waals surface area (Å²) in [6.45, 7) is 1.92. The maximum atomic E-state index is 12.4. The van der Waals surface area contributed by atoms with Gasteiger partial charge in [-0.1, -0.05) is 11.3 Å². The van der Waals surface area contributed by atoms with E-state index in [9.17, 15) is 19.2 Å². The lowest BCUT2D eigenvalue weighted by molar-refractivity contribution is -0.143. The average Bonchev–Trinajstić information content (AvgIpc) is 3.19. The van der Waals surface area contributed by atoms with Crippen LogP contribution in [0.2, 0.25) is 0 Å². The number of ether oxygens (including phenoxy) is 2. The van der Waals surface area contributed by atoms with Gasteiger partial charge in [0.15, 0.2) is 4.80 Å². The first kappa shape index (κ1) is 20.7. The Labute approximate surface area is 170 Å². The van der Waals surface area contributed by atoms with E-state index < -0.39 is 5.91 Å². The Morgan fingerprint density at radius 2 is 1.93 bits per heavy atom. The number of aryl methyl sites for hydroxylation is 1. The van der Waals surface area contributed by atoms with Crippen LogP contribution in [0.5, 0.6) is 5.75 Å². The van der Waals surface area contributed by atoms with Crippen LogP contribution in [0.15, 0.2) is 23.2 Å². The molecule has 1 aliphatic heterocycles. The van der Waals surface area contributed by atoms with Crippen molar-refractivity contribution in [1.82, 2.24) is 9.47 Å². The molecule has 0 bridgehead atoms. The van der Waals surface area contributed by atoms with E-state index in [1.54, 1.807) is 24.7 Å². The summed E-state index contributed by atoms with van der Waals surface area (Å²) in [5, 5.41) is 0. The first-order valence-electron chi connectivity index (χ1n) is 9.16. The van der Waals surface area contributed by atoms with Crippen molar-refractivity contribution in [1.29, 1.82) is 0 Å². The maximum absolute atomic E-state index is 12.4. The molecule has 1 aromatic carbocycles. The third-order valence-electron chi connectivity index (χ3n) is 4.40. The second kappa shape index (κ2) is 8.99. The number of hydrogen-bond donors (Lipinski definition) is 0. The Hall–Kier alpha value is -3.01. The Morgan fingerprint density at radius 3 is 2.59 bits per heavy atom. The Bertz CT molecular complexity index is 1020. The summed E-state index contributed by atoms with van der Waals surface area (Å²) in [6, 6.07) is 5.42. The van der Waals surface area contributed by atoms with Crippen LogP contribution in [0, 0.1) is 0 Å². The van der Waals surface area contributed by atoms with Crippen molar-refractivity contribution in [2.24, 2.45) is 4.99 Å². The highest BCUT2D eigenvalue weighted by atomic mass is 32.1. The molecule has 0 aliphatic carbocycles. The van der Waals surface area contributed by atoms with Gasteiger partial charge in [-0.3, -0.25) is 24.1 Å². The van der Waals surface area contributed by atoms with Crippen LogP contribution in [0.25, 0.3) is 10.2 Å². The van der Waals surface area contributed by atoms with E-state index in [1.807, 2.05) is 12.1 Å². The maximum Gasteiger partial charge on any atom is 0.307 e. The average molecular weight is 419 g/mol. The molecular formula is C19H21N3O6S. The standard InChI is InChI=1S/C19H21N3O6S/c1-3-28-18(26)8-9-21-13-5-4-12(27-2)10-14(13)29-19(21)20-15(23)11-22-16(24)6-7-17(22)25/h4-5,10H,3,6-9,11H2,1-2H3. The number of methoxy groups -OCH3 is 1. The summed E-state index contributed by atoms with van der Waals surface area (Å²) in [7, 11) is 1.56. The first-order chi connectivity index (χ1) is 13.9. The summed E-state index contributed by atoms with van der Waals surface area (Å²) in [6.07, 6.45) is 0.360. The predicted molar refractivity (Wildman–Crippen MR) is 104 cm³/mol. The number of likely N-dealkylation sites (tertiary alicyclic amines) is 1. The third-order valence-corrected chi connectivity index (χ3v) is 5.44. The van der Waals surface area contributed by atoms with Gasteiger partial charge in [-0.15, -0.1) is 0 Å². The number of nitrogens with zero attached hydrogens (tertiary/aromatic N) is 3. The quantitative estimate of drug-likeness (QED) is 0.494.